The second-order valence-corrected chi connectivity index (χ2v) is 5.64. The summed E-state index contributed by atoms with van der Waals surface area (Å²) in [4.78, 5) is 8.11. The highest BCUT2D eigenvalue weighted by Crippen LogP contribution is 2.32. The molecule has 0 bridgehead atoms. The topological polar surface area (TPSA) is 28.7 Å². The number of fused-ring (bicyclic) bond motifs is 1. The molecule has 3 heteroatoms. The number of nitrogens with zero attached hydrogens (tertiary/aromatic N) is 1. The standard InChI is InChI=1S/C16H18N2S/c1-3-14-10(2)16(19)18-15(17-14)13-8-11-6-4-5-7-12(11)9-13/h4-7,13H,3,8-9H2,1-2H3,(H,17,18,19). The van der Waals surface area contributed by atoms with E-state index < -0.39 is 0 Å². The van der Waals surface area contributed by atoms with E-state index in [0.717, 1.165) is 35.3 Å². The fourth-order valence-electron chi connectivity index (χ4n) is 2.90. The van der Waals surface area contributed by atoms with Gasteiger partial charge in [-0.1, -0.05) is 43.4 Å². The largest absolute Gasteiger partial charge is 0.347 e. The van der Waals surface area contributed by atoms with Gasteiger partial charge in [0.25, 0.3) is 0 Å². The Morgan fingerprint density at radius 3 is 2.47 bits per heavy atom. The molecular formula is C16H18N2S. The van der Waals surface area contributed by atoms with Gasteiger partial charge in [-0.2, -0.15) is 0 Å². The maximum absolute atomic E-state index is 5.39. The van der Waals surface area contributed by atoms with Crippen LogP contribution in [0.2, 0.25) is 0 Å². The summed E-state index contributed by atoms with van der Waals surface area (Å²) >= 11 is 5.39. The van der Waals surface area contributed by atoms with Crippen molar-refractivity contribution in [2.75, 3.05) is 0 Å². The summed E-state index contributed by atoms with van der Waals surface area (Å²) < 4.78 is 0.751. The molecule has 2 nitrogen and oxygen atoms in total. The van der Waals surface area contributed by atoms with Crippen molar-refractivity contribution in [3.05, 3.63) is 57.1 Å². The Hall–Kier alpha value is -1.48. The number of aromatic nitrogens is 2. The van der Waals surface area contributed by atoms with E-state index in [0.29, 0.717) is 5.92 Å². The van der Waals surface area contributed by atoms with Gasteiger partial charge in [-0.3, -0.25) is 0 Å². The number of benzene rings is 1. The summed E-state index contributed by atoms with van der Waals surface area (Å²) in [5.41, 5.74) is 5.25. The van der Waals surface area contributed by atoms with Crippen LogP contribution in [0.5, 0.6) is 0 Å². The lowest BCUT2D eigenvalue weighted by molar-refractivity contribution is 0.670. The minimum atomic E-state index is 0.449. The van der Waals surface area contributed by atoms with Crippen LogP contribution in [0.3, 0.4) is 0 Å². The predicted octanol–water partition coefficient (Wildman–Crippen LogP) is 3.89. The van der Waals surface area contributed by atoms with E-state index in [1.54, 1.807) is 0 Å². The van der Waals surface area contributed by atoms with Crippen LogP contribution in [0.1, 0.15) is 41.1 Å². The zero-order valence-corrected chi connectivity index (χ0v) is 12.2. The first-order valence-corrected chi connectivity index (χ1v) is 7.26. The van der Waals surface area contributed by atoms with Crippen LogP contribution in [0.4, 0.5) is 0 Å². The molecule has 3 rings (SSSR count). The summed E-state index contributed by atoms with van der Waals surface area (Å²) in [7, 11) is 0. The third-order valence-electron chi connectivity index (χ3n) is 4.07. The van der Waals surface area contributed by atoms with Gasteiger partial charge in [-0.05, 0) is 37.3 Å². The second kappa shape index (κ2) is 4.89. The summed E-state index contributed by atoms with van der Waals surface area (Å²) in [5.74, 6) is 1.51. The van der Waals surface area contributed by atoms with Gasteiger partial charge >= 0.3 is 0 Å². The molecule has 0 aliphatic heterocycles. The van der Waals surface area contributed by atoms with Crippen molar-refractivity contribution in [2.24, 2.45) is 0 Å². The number of hydrogen-bond acceptors (Lipinski definition) is 2. The molecule has 1 aliphatic rings. The van der Waals surface area contributed by atoms with Crippen molar-refractivity contribution in [3.63, 3.8) is 0 Å². The van der Waals surface area contributed by atoms with Gasteiger partial charge in [0.1, 0.15) is 10.5 Å². The maximum atomic E-state index is 5.39. The highest BCUT2D eigenvalue weighted by molar-refractivity contribution is 7.71. The number of aryl methyl sites for hydroxylation is 1. The third kappa shape index (κ3) is 2.23. The molecule has 98 valence electrons. The molecule has 1 aromatic heterocycles. The van der Waals surface area contributed by atoms with Crippen molar-refractivity contribution in [1.82, 2.24) is 9.97 Å². The molecule has 1 N–H and O–H groups in total. The summed E-state index contributed by atoms with van der Waals surface area (Å²) in [6.07, 6.45) is 3.12. The van der Waals surface area contributed by atoms with Crippen LogP contribution in [0, 0.1) is 11.6 Å². The number of hydrogen-bond donors (Lipinski definition) is 1. The summed E-state index contributed by atoms with van der Waals surface area (Å²) in [6, 6.07) is 8.67. The molecule has 0 atom stereocenters. The van der Waals surface area contributed by atoms with Gasteiger partial charge in [-0.15, -0.1) is 0 Å². The van der Waals surface area contributed by atoms with E-state index in [-0.39, 0.29) is 0 Å². The van der Waals surface area contributed by atoms with Gasteiger partial charge in [0.15, 0.2) is 0 Å². The molecule has 0 fully saturated rings. The van der Waals surface area contributed by atoms with Crippen molar-refractivity contribution < 1.29 is 0 Å². The summed E-state index contributed by atoms with van der Waals surface area (Å²) in [5, 5.41) is 0. The SMILES string of the molecule is CCc1[nH]c(C2Cc3ccccc3C2)nc(=S)c1C. The van der Waals surface area contributed by atoms with Gasteiger partial charge in [-0.25, -0.2) is 4.98 Å². The molecule has 0 saturated carbocycles. The Bertz CT molecular complexity index is 648. The van der Waals surface area contributed by atoms with Crippen molar-refractivity contribution >= 4 is 12.2 Å². The molecule has 0 saturated heterocycles. The third-order valence-corrected chi connectivity index (χ3v) is 4.46. The molecule has 0 spiro atoms. The fourth-order valence-corrected chi connectivity index (χ4v) is 3.12. The molecule has 0 radical (unpaired) electrons. The van der Waals surface area contributed by atoms with Gasteiger partial charge in [0.2, 0.25) is 0 Å². The van der Waals surface area contributed by atoms with Crippen LogP contribution in [-0.4, -0.2) is 9.97 Å². The predicted molar refractivity (Wildman–Crippen MR) is 80.1 cm³/mol. The average molecular weight is 270 g/mol. The van der Waals surface area contributed by atoms with E-state index >= 15 is 0 Å². The number of aromatic amines is 1. The molecule has 2 aromatic rings. The zero-order valence-electron chi connectivity index (χ0n) is 11.4. The van der Waals surface area contributed by atoms with E-state index in [9.17, 15) is 0 Å². The Labute approximate surface area is 118 Å². The lowest BCUT2D eigenvalue weighted by Crippen LogP contribution is -2.08. The van der Waals surface area contributed by atoms with Crippen LogP contribution in [0.15, 0.2) is 24.3 Å². The molecule has 1 aromatic carbocycles. The van der Waals surface area contributed by atoms with Crippen LogP contribution < -0.4 is 0 Å². The lowest BCUT2D eigenvalue weighted by atomic mass is 10.0. The molecule has 19 heavy (non-hydrogen) atoms. The Kier molecular flexibility index (Phi) is 3.23. The Morgan fingerprint density at radius 1 is 1.26 bits per heavy atom. The van der Waals surface area contributed by atoms with Gasteiger partial charge in [0, 0.05) is 17.2 Å². The molecule has 1 heterocycles. The average Bonchev–Trinajstić information content (AvgIpc) is 2.85. The first-order chi connectivity index (χ1) is 9.19. The number of rotatable bonds is 2. The Morgan fingerprint density at radius 2 is 1.89 bits per heavy atom. The maximum Gasteiger partial charge on any atom is 0.132 e. The Balaban J connectivity index is 1.98. The van der Waals surface area contributed by atoms with E-state index in [4.69, 9.17) is 12.2 Å². The van der Waals surface area contributed by atoms with Gasteiger partial charge < -0.3 is 4.98 Å². The van der Waals surface area contributed by atoms with Crippen LogP contribution in [0.25, 0.3) is 0 Å². The highest BCUT2D eigenvalue weighted by Gasteiger charge is 2.24. The van der Waals surface area contributed by atoms with Crippen molar-refractivity contribution in [1.29, 1.82) is 0 Å². The summed E-state index contributed by atoms with van der Waals surface area (Å²) in [6.45, 7) is 4.21. The van der Waals surface area contributed by atoms with Gasteiger partial charge in [0.05, 0.1) is 0 Å². The van der Waals surface area contributed by atoms with Crippen LogP contribution >= 0.6 is 12.2 Å². The molecule has 0 unspecified atom stereocenters. The number of nitrogens with one attached hydrogen (secondary N) is 1. The normalized spacial score (nSPS) is 14.6. The second-order valence-electron chi connectivity index (χ2n) is 5.26. The minimum Gasteiger partial charge on any atom is -0.347 e. The molecule has 0 amide bonds. The van der Waals surface area contributed by atoms with Crippen molar-refractivity contribution in [2.45, 2.75) is 39.0 Å². The van der Waals surface area contributed by atoms with E-state index in [1.807, 2.05) is 0 Å². The smallest absolute Gasteiger partial charge is 0.132 e. The zero-order chi connectivity index (χ0) is 13.4. The molecule has 1 aliphatic carbocycles. The van der Waals surface area contributed by atoms with Crippen molar-refractivity contribution in [3.8, 4) is 0 Å². The van der Waals surface area contributed by atoms with E-state index in [1.165, 1.54) is 16.8 Å². The quantitative estimate of drug-likeness (QED) is 0.839. The molecular weight excluding hydrogens is 252 g/mol. The fraction of sp³-hybridized carbons (Fsp3) is 0.375. The minimum absolute atomic E-state index is 0.449. The highest BCUT2D eigenvalue weighted by atomic mass is 32.1. The van der Waals surface area contributed by atoms with E-state index in [2.05, 4.69) is 48.1 Å². The lowest BCUT2D eigenvalue weighted by Gasteiger charge is -2.12. The first kappa shape index (κ1) is 12.5. The van der Waals surface area contributed by atoms with Crippen LogP contribution in [-0.2, 0) is 19.3 Å². The number of H-pyrrole nitrogens is 1. The first-order valence-electron chi connectivity index (χ1n) is 6.85. The monoisotopic (exact) mass is 270 g/mol.